The van der Waals surface area contributed by atoms with Crippen LogP contribution >= 0.6 is 0 Å². The molecule has 0 saturated carbocycles. The summed E-state index contributed by atoms with van der Waals surface area (Å²) in [6.07, 6.45) is 0. The zero-order valence-electron chi connectivity index (χ0n) is 15.0. The largest absolute Gasteiger partial charge is 0.490 e. The summed E-state index contributed by atoms with van der Waals surface area (Å²) < 4.78 is 17.5. The lowest BCUT2D eigenvalue weighted by Crippen LogP contribution is -2.35. The van der Waals surface area contributed by atoms with Crippen LogP contribution in [0.15, 0.2) is 37.9 Å². The zero-order chi connectivity index (χ0) is 18.7. The molecule has 0 fully saturated rings. The summed E-state index contributed by atoms with van der Waals surface area (Å²) >= 11 is 0. The summed E-state index contributed by atoms with van der Waals surface area (Å²) in [4.78, 5) is 25.8. The van der Waals surface area contributed by atoms with E-state index in [0.29, 0.717) is 36.8 Å². The lowest BCUT2D eigenvalue weighted by molar-refractivity contribution is -0.131. The third kappa shape index (κ3) is 3.35. The van der Waals surface area contributed by atoms with E-state index < -0.39 is 5.76 Å². The SMILES string of the molecule is CCOc1cccc2cc(-c3nn(CC(=O)N(CC)CC)c(=O)o3)oc12. The van der Waals surface area contributed by atoms with E-state index in [2.05, 4.69) is 5.10 Å². The Morgan fingerprint density at radius 2 is 2.00 bits per heavy atom. The minimum Gasteiger partial charge on any atom is -0.490 e. The Kier molecular flexibility index (Phi) is 5.11. The van der Waals surface area contributed by atoms with Crippen molar-refractivity contribution in [3.8, 4) is 17.4 Å². The number of ether oxygens (including phenoxy) is 1. The molecule has 26 heavy (non-hydrogen) atoms. The first-order valence-electron chi connectivity index (χ1n) is 8.58. The van der Waals surface area contributed by atoms with Gasteiger partial charge >= 0.3 is 5.76 Å². The molecule has 0 atom stereocenters. The Morgan fingerprint density at radius 1 is 1.23 bits per heavy atom. The van der Waals surface area contributed by atoms with E-state index >= 15 is 0 Å². The minimum absolute atomic E-state index is 0.0287. The van der Waals surface area contributed by atoms with E-state index in [0.717, 1.165) is 10.1 Å². The molecule has 8 heteroatoms. The second kappa shape index (κ2) is 7.47. The lowest BCUT2D eigenvalue weighted by Gasteiger charge is -2.17. The van der Waals surface area contributed by atoms with Crippen molar-refractivity contribution in [1.29, 1.82) is 0 Å². The molecule has 1 aromatic carbocycles. The molecule has 2 heterocycles. The first kappa shape index (κ1) is 17.8. The highest BCUT2D eigenvalue weighted by atomic mass is 16.5. The van der Waals surface area contributed by atoms with Gasteiger partial charge in [-0.15, -0.1) is 5.10 Å². The number of carbonyl (C=O) groups excluding carboxylic acids is 1. The molecule has 2 aromatic heterocycles. The molecule has 0 unspecified atom stereocenters. The van der Waals surface area contributed by atoms with Gasteiger partial charge in [0.2, 0.25) is 5.91 Å². The number of hydrogen-bond acceptors (Lipinski definition) is 6. The van der Waals surface area contributed by atoms with Crippen LogP contribution in [0.5, 0.6) is 5.75 Å². The number of furan rings is 1. The fourth-order valence-corrected chi connectivity index (χ4v) is 2.72. The summed E-state index contributed by atoms with van der Waals surface area (Å²) in [5, 5.41) is 4.91. The molecule has 138 valence electrons. The third-order valence-corrected chi connectivity index (χ3v) is 4.03. The number of benzene rings is 1. The molecule has 3 rings (SSSR count). The number of carbonyl (C=O) groups is 1. The van der Waals surface area contributed by atoms with Crippen LogP contribution in [0.4, 0.5) is 0 Å². The molecule has 0 spiro atoms. The molecule has 0 aliphatic rings. The Labute approximate surface area is 149 Å². The van der Waals surface area contributed by atoms with Crippen molar-refractivity contribution < 1.29 is 18.4 Å². The highest BCUT2D eigenvalue weighted by molar-refractivity contribution is 5.86. The number of hydrogen-bond donors (Lipinski definition) is 0. The molecule has 3 aromatic rings. The highest BCUT2D eigenvalue weighted by Crippen LogP contribution is 2.32. The topological polar surface area (TPSA) is 90.7 Å². The van der Waals surface area contributed by atoms with E-state index in [4.69, 9.17) is 13.6 Å². The molecule has 0 saturated heterocycles. The quantitative estimate of drug-likeness (QED) is 0.644. The predicted octanol–water partition coefficient (Wildman–Crippen LogP) is 2.52. The number of rotatable bonds is 7. The van der Waals surface area contributed by atoms with Crippen LogP contribution in [0.3, 0.4) is 0 Å². The van der Waals surface area contributed by atoms with Crippen molar-refractivity contribution in [2.24, 2.45) is 0 Å². The summed E-state index contributed by atoms with van der Waals surface area (Å²) in [6, 6.07) is 7.24. The van der Waals surface area contributed by atoms with Crippen molar-refractivity contribution in [1.82, 2.24) is 14.7 Å². The molecule has 0 radical (unpaired) electrons. The van der Waals surface area contributed by atoms with Crippen molar-refractivity contribution in [3.63, 3.8) is 0 Å². The summed E-state index contributed by atoms with van der Waals surface area (Å²) in [7, 11) is 0. The van der Waals surface area contributed by atoms with Gasteiger partial charge in [0.15, 0.2) is 17.1 Å². The van der Waals surface area contributed by atoms with E-state index in [1.165, 1.54) is 0 Å². The lowest BCUT2D eigenvalue weighted by atomic mass is 10.2. The molecule has 0 N–H and O–H groups in total. The van der Waals surface area contributed by atoms with Gasteiger partial charge in [0.05, 0.1) is 6.61 Å². The fourth-order valence-electron chi connectivity index (χ4n) is 2.72. The van der Waals surface area contributed by atoms with Gasteiger partial charge in [-0.3, -0.25) is 4.79 Å². The van der Waals surface area contributed by atoms with Gasteiger partial charge in [-0.2, -0.15) is 4.68 Å². The normalized spacial score (nSPS) is 11.0. The van der Waals surface area contributed by atoms with Gasteiger partial charge < -0.3 is 18.5 Å². The van der Waals surface area contributed by atoms with Gasteiger partial charge in [-0.1, -0.05) is 12.1 Å². The van der Waals surface area contributed by atoms with Gasteiger partial charge in [0, 0.05) is 18.5 Å². The third-order valence-electron chi connectivity index (χ3n) is 4.03. The van der Waals surface area contributed by atoms with Crippen molar-refractivity contribution >= 4 is 16.9 Å². The highest BCUT2D eigenvalue weighted by Gasteiger charge is 2.19. The smallest absolute Gasteiger partial charge is 0.437 e. The van der Waals surface area contributed by atoms with Crippen LogP contribution in [0, 0.1) is 0 Å². The van der Waals surface area contributed by atoms with Crippen molar-refractivity contribution in [3.05, 3.63) is 34.8 Å². The van der Waals surface area contributed by atoms with Crippen LogP contribution in [0.2, 0.25) is 0 Å². The first-order valence-corrected chi connectivity index (χ1v) is 8.58. The van der Waals surface area contributed by atoms with E-state index in [1.54, 1.807) is 17.0 Å². The summed E-state index contributed by atoms with van der Waals surface area (Å²) in [5.41, 5.74) is 0.556. The number of amides is 1. The van der Waals surface area contributed by atoms with Gasteiger partial charge in [0.1, 0.15) is 6.54 Å². The van der Waals surface area contributed by atoms with Gasteiger partial charge in [-0.05, 0) is 32.9 Å². The van der Waals surface area contributed by atoms with Crippen LogP contribution in [-0.4, -0.2) is 40.3 Å². The molecule has 0 aliphatic heterocycles. The maximum Gasteiger partial charge on any atom is 0.437 e. The number of fused-ring (bicyclic) bond motifs is 1. The number of nitrogens with zero attached hydrogens (tertiary/aromatic N) is 3. The van der Waals surface area contributed by atoms with Crippen molar-refractivity contribution in [2.75, 3.05) is 19.7 Å². The molecule has 1 amide bonds. The number of aromatic nitrogens is 2. The minimum atomic E-state index is -0.703. The van der Waals surface area contributed by atoms with E-state index in [9.17, 15) is 9.59 Å². The van der Waals surface area contributed by atoms with Crippen molar-refractivity contribution in [2.45, 2.75) is 27.3 Å². The standard InChI is InChI=1S/C18H21N3O5/c1-4-20(5-2)15(22)11-21-18(23)26-17(19-21)14-10-12-8-7-9-13(24-6-3)16(12)25-14/h7-10H,4-6,11H2,1-3H3. The molecular weight excluding hydrogens is 338 g/mol. The molecule has 8 nitrogen and oxygen atoms in total. The Balaban J connectivity index is 1.91. The zero-order valence-corrected chi connectivity index (χ0v) is 15.0. The maximum absolute atomic E-state index is 12.2. The van der Waals surface area contributed by atoms with Crippen LogP contribution in [-0.2, 0) is 11.3 Å². The van der Waals surface area contributed by atoms with Crippen LogP contribution in [0.25, 0.3) is 22.6 Å². The summed E-state index contributed by atoms with van der Waals surface area (Å²) in [6.45, 7) is 7.11. The molecule has 0 bridgehead atoms. The monoisotopic (exact) mass is 359 g/mol. The Morgan fingerprint density at radius 3 is 2.69 bits per heavy atom. The van der Waals surface area contributed by atoms with Gasteiger partial charge in [-0.25, -0.2) is 4.79 Å². The Bertz CT molecular complexity index is 965. The number of likely N-dealkylation sites (N-methyl/N-ethyl adjacent to an activating group) is 1. The second-order valence-electron chi connectivity index (χ2n) is 5.61. The first-order chi connectivity index (χ1) is 12.6. The van der Waals surface area contributed by atoms with Gasteiger partial charge in [0.25, 0.3) is 5.89 Å². The fraction of sp³-hybridized carbons (Fsp3) is 0.389. The average molecular weight is 359 g/mol. The second-order valence-corrected chi connectivity index (χ2v) is 5.61. The molecule has 0 aliphatic carbocycles. The average Bonchev–Trinajstić information content (AvgIpc) is 3.21. The van der Waals surface area contributed by atoms with E-state index in [1.807, 2.05) is 32.9 Å². The van der Waals surface area contributed by atoms with Crippen LogP contribution in [0.1, 0.15) is 20.8 Å². The number of para-hydroxylation sites is 1. The van der Waals surface area contributed by atoms with E-state index in [-0.39, 0.29) is 18.3 Å². The maximum atomic E-state index is 12.2. The Hall–Kier alpha value is -3.03. The predicted molar refractivity (Wildman–Crippen MR) is 95.1 cm³/mol. The summed E-state index contributed by atoms with van der Waals surface area (Å²) in [5.74, 6) is 0.0419. The van der Waals surface area contributed by atoms with Crippen LogP contribution < -0.4 is 10.5 Å². The molecular formula is C18H21N3O5.